The maximum atomic E-state index is 12.7. The lowest BCUT2D eigenvalue weighted by Crippen LogP contribution is -2.60. The van der Waals surface area contributed by atoms with Crippen LogP contribution in [0.25, 0.3) is 0 Å². The number of nitrogens with one attached hydrogen (secondary N) is 3. The van der Waals surface area contributed by atoms with Crippen LogP contribution in [-0.4, -0.2) is 79.4 Å². The first-order valence-electron chi connectivity index (χ1n) is 10.8. The zero-order valence-electron chi connectivity index (χ0n) is 18.0. The van der Waals surface area contributed by atoms with Gasteiger partial charge in [-0.2, -0.15) is 13.2 Å². The Bertz CT molecular complexity index is 717. The molecule has 3 N–H and O–H groups in total. The molecule has 1 aliphatic heterocycles. The van der Waals surface area contributed by atoms with Gasteiger partial charge in [0.1, 0.15) is 5.69 Å². The van der Waals surface area contributed by atoms with Crippen LogP contribution < -0.4 is 16.0 Å². The van der Waals surface area contributed by atoms with E-state index in [0.29, 0.717) is 19.0 Å². The summed E-state index contributed by atoms with van der Waals surface area (Å²) in [7, 11) is 1.71. The number of halogens is 3. The first-order chi connectivity index (χ1) is 14.9. The number of anilines is 1. The lowest BCUT2D eigenvalue weighted by Gasteiger charge is -2.48. The van der Waals surface area contributed by atoms with Crippen LogP contribution in [0.2, 0.25) is 0 Å². The van der Waals surface area contributed by atoms with Gasteiger partial charge in [0.05, 0.1) is 13.2 Å². The van der Waals surface area contributed by atoms with Crippen LogP contribution in [0.3, 0.4) is 0 Å². The van der Waals surface area contributed by atoms with E-state index in [1.54, 1.807) is 7.05 Å². The molecule has 0 bridgehead atoms. The van der Waals surface area contributed by atoms with Crippen LogP contribution in [0.1, 0.15) is 37.8 Å². The van der Waals surface area contributed by atoms with E-state index in [9.17, 15) is 13.2 Å². The maximum absolute atomic E-state index is 12.7. The van der Waals surface area contributed by atoms with E-state index in [4.69, 9.17) is 4.74 Å². The molecule has 11 heteroatoms. The molecule has 0 atom stereocenters. The van der Waals surface area contributed by atoms with Gasteiger partial charge in [-0.25, -0.2) is 9.97 Å². The highest BCUT2D eigenvalue weighted by molar-refractivity contribution is 5.79. The summed E-state index contributed by atoms with van der Waals surface area (Å²) in [5, 5.41) is 9.46. The summed E-state index contributed by atoms with van der Waals surface area (Å²) in [6, 6.07) is 0.852. The Morgan fingerprint density at radius 1 is 1.16 bits per heavy atom. The van der Waals surface area contributed by atoms with E-state index < -0.39 is 11.9 Å². The molecule has 174 valence electrons. The van der Waals surface area contributed by atoms with Gasteiger partial charge in [-0.05, 0) is 18.9 Å². The second-order valence-electron chi connectivity index (χ2n) is 7.93. The number of rotatable bonds is 7. The normalized spacial score (nSPS) is 20.3. The third-order valence-electron chi connectivity index (χ3n) is 5.92. The Hall–Kier alpha value is -2.14. The minimum Gasteiger partial charge on any atom is -0.379 e. The first kappa shape index (κ1) is 23.5. The molecule has 1 aliphatic carbocycles. The Balaban J connectivity index is 1.47. The second kappa shape index (κ2) is 10.9. The number of alkyl halides is 3. The fourth-order valence-electron chi connectivity index (χ4n) is 4.28. The van der Waals surface area contributed by atoms with Crippen molar-refractivity contribution in [2.24, 2.45) is 4.99 Å². The molecular formula is C20H32F3N7O. The number of aromatic nitrogens is 2. The number of hydrogen-bond acceptors (Lipinski definition) is 6. The van der Waals surface area contributed by atoms with Crippen LogP contribution in [0.15, 0.2) is 17.3 Å². The molecule has 2 aliphatic rings. The average Bonchev–Trinajstić information content (AvgIpc) is 2.79. The van der Waals surface area contributed by atoms with Gasteiger partial charge in [-0.15, -0.1) is 0 Å². The van der Waals surface area contributed by atoms with Crippen molar-refractivity contribution in [1.29, 1.82) is 0 Å². The van der Waals surface area contributed by atoms with Gasteiger partial charge in [-0.3, -0.25) is 9.89 Å². The van der Waals surface area contributed by atoms with Gasteiger partial charge in [0, 0.05) is 51.5 Å². The first-order valence-corrected chi connectivity index (χ1v) is 10.8. The Morgan fingerprint density at radius 3 is 2.58 bits per heavy atom. The number of aliphatic imine (C=N–C) groups is 1. The molecular weight excluding hydrogens is 411 g/mol. The summed E-state index contributed by atoms with van der Waals surface area (Å²) >= 11 is 0. The molecule has 0 spiro atoms. The third-order valence-corrected chi connectivity index (χ3v) is 5.92. The molecule has 1 aromatic rings. The molecule has 2 fully saturated rings. The van der Waals surface area contributed by atoms with Gasteiger partial charge >= 0.3 is 6.18 Å². The van der Waals surface area contributed by atoms with E-state index in [0.717, 1.165) is 58.0 Å². The van der Waals surface area contributed by atoms with Crippen molar-refractivity contribution in [3.05, 3.63) is 18.0 Å². The van der Waals surface area contributed by atoms with Gasteiger partial charge in [0.2, 0.25) is 5.95 Å². The molecule has 8 nitrogen and oxygen atoms in total. The van der Waals surface area contributed by atoms with E-state index in [-0.39, 0.29) is 11.5 Å². The quantitative estimate of drug-likeness (QED) is 0.338. The van der Waals surface area contributed by atoms with Crippen molar-refractivity contribution in [3.63, 3.8) is 0 Å². The SMILES string of the molecule is CN=C(NCCNc1nccc(C(F)(F)F)n1)NCC1(N2CCOCC2)CCCCC1. The summed E-state index contributed by atoms with van der Waals surface area (Å²) in [6.07, 6.45) is 2.66. The van der Waals surface area contributed by atoms with E-state index in [2.05, 4.69) is 35.8 Å². The Labute approximate surface area is 181 Å². The minimum absolute atomic E-state index is 0.0481. The Morgan fingerprint density at radius 2 is 1.90 bits per heavy atom. The number of guanidine groups is 1. The van der Waals surface area contributed by atoms with Gasteiger partial charge in [0.15, 0.2) is 5.96 Å². The van der Waals surface area contributed by atoms with Gasteiger partial charge < -0.3 is 20.7 Å². The zero-order chi connectivity index (χ0) is 22.2. The van der Waals surface area contributed by atoms with Crippen molar-refractivity contribution in [2.75, 3.05) is 58.3 Å². The third kappa shape index (κ3) is 6.67. The van der Waals surface area contributed by atoms with E-state index >= 15 is 0 Å². The molecule has 3 rings (SSSR count). The lowest BCUT2D eigenvalue weighted by molar-refractivity contribution is -0.141. The molecule has 2 heterocycles. The van der Waals surface area contributed by atoms with Crippen LogP contribution in [0, 0.1) is 0 Å². The summed E-state index contributed by atoms with van der Waals surface area (Å²) in [4.78, 5) is 14.2. The van der Waals surface area contributed by atoms with E-state index in [1.807, 2.05) is 0 Å². The zero-order valence-corrected chi connectivity index (χ0v) is 18.0. The van der Waals surface area contributed by atoms with Crippen molar-refractivity contribution in [1.82, 2.24) is 25.5 Å². The lowest BCUT2D eigenvalue weighted by atomic mass is 9.80. The van der Waals surface area contributed by atoms with Crippen molar-refractivity contribution >= 4 is 11.9 Å². The molecule has 1 saturated carbocycles. The molecule has 0 radical (unpaired) electrons. The molecule has 31 heavy (non-hydrogen) atoms. The van der Waals surface area contributed by atoms with Crippen LogP contribution >= 0.6 is 0 Å². The molecule has 0 unspecified atom stereocenters. The fraction of sp³-hybridized carbons (Fsp3) is 0.750. The average molecular weight is 444 g/mol. The highest BCUT2D eigenvalue weighted by Gasteiger charge is 2.38. The highest BCUT2D eigenvalue weighted by Crippen LogP contribution is 2.33. The highest BCUT2D eigenvalue weighted by atomic mass is 19.4. The summed E-state index contributed by atoms with van der Waals surface area (Å²) < 4.78 is 43.8. The van der Waals surface area contributed by atoms with Crippen molar-refractivity contribution in [2.45, 2.75) is 43.8 Å². The summed E-state index contributed by atoms with van der Waals surface area (Å²) in [6.45, 7) is 5.08. The number of hydrogen-bond donors (Lipinski definition) is 3. The predicted octanol–water partition coefficient (Wildman–Crippen LogP) is 2.11. The summed E-state index contributed by atoms with van der Waals surface area (Å²) in [5.74, 6) is 0.623. The number of morpholine rings is 1. The van der Waals surface area contributed by atoms with Crippen LogP contribution in [0.4, 0.5) is 19.1 Å². The Kier molecular flexibility index (Phi) is 8.30. The number of ether oxygens (including phenoxy) is 1. The topological polar surface area (TPSA) is 86.7 Å². The van der Waals surface area contributed by atoms with Gasteiger partial charge in [-0.1, -0.05) is 19.3 Å². The standard InChI is InChI=1S/C20H32F3N7O/c1-24-17(26-9-10-27-18-25-8-5-16(29-18)20(21,22)23)28-15-19(6-3-2-4-7-19)30-11-13-31-14-12-30/h5,8H,2-4,6-7,9-15H2,1H3,(H2,24,26,28)(H,25,27,29). The molecule has 0 amide bonds. The number of nitrogens with zero attached hydrogens (tertiary/aromatic N) is 4. The second-order valence-corrected chi connectivity index (χ2v) is 7.93. The minimum atomic E-state index is -4.49. The maximum Gasteiger partial charge on any atom is 0.433 e. The predicted molar refractivity (Wildman–Crippen MR) is 113 cm³/mol. The van der Waals surface area contributed by atoms with Crippen LogP contribution in [-0.2, 0) is 10.9 Å². The largest absolute Gasteiger partial charge is 0.433 e. The fourth-order valence-corrected chi connectivity index (χ4v) is 4.28. The molecule has 0 aromatic carbocycles. The molecule has 1 aromatic heterocycles. The monoisotopic (exact) mass is 443 g/mol. The van der Waals surface area contributed by atoms with Gasteiger partial charge in [0.25, 0.3) is 0 Å². The van der Waals surface area contributed by atoms with Crippen molar-refractivity contribution in [3.8, 4) is 0 Å². The summed E-state index contributed by atoms with van der Waals surface area (Å²) in [5.41, 5.74) is -0.847. The van der Waals surface area contributed by atoms with E-state index in [1.165, 1.54) is 19.3 Å². The van der Waals surface area contributed by atoms with Crippen molar-refractivity contribution < 1.29 is 17.9 Å². The van der Waals surface area contributed by atoms with Crippen LogP contribution in [0.5, 0.6) is 0 Å². The smallest absolute Gasteiger partial charge is 0.379 e. The molecule has 1 saturated heterocycles.